The quantitative estimate of drug-likeness (QED) is 0.838. The predicted molar refractivity (Wildman–Crippen MR) is 90.7 cm³/mol. The van der Waals surface area contributed by atoms with E-state index in [2.05, 4.69) is 88.5 Å². The minimum absolute atomic E-state index is 0.316. The summed E-state index contributed by atoms with van der Waals surface area (Å²) in [4.78, 5) is 2.34. The van der Waals surface area contributed by atoms with Crippen LogP contribution in [0.2, 0.25) is 0 Å². The van der Waals surface area contributed by atoms with Crippen molar-refractivity contribution in [2.24, 2.45) is 0 Å². The second-order valence-electron chi connectivity index (χ2n) is 4.79. The van der Waals surface area contributed by atoms with Crippen molar-refractivity contribution in [2.45, 2.75) is 19.9 Å². The average Bonchev–Trinajstić information content (AvgIpc) is 2.48. The summed E-state index contributed by atoms with van der Waals surface area (Å²) < 4.78 is 1.11. The molecule has 0 spiro atoms. The monoisotopic (exact) mass is 332 g/mol. The molecule has 2 aromatic rings. The van der Waals surface area contributed by atoms with E-state index in [0.29, 0.717) is 6.04 Å². The van der Waals surface area contributed by atoms with Crippen LogP contribution < -0.4 is 10.2 Å². The Labute approximate surface area is 129 Å². The zero-order valence-electron chi connectivity index (χ0n) is 12.2. The van der Waals surface area contributed by atoms with Gasteiger partial charge in [-0.1, -0.05) is 40.2 Å². The van der Waals surface area contributed by atoms with Gasteiger partial charge in [0.25, 0.3) is 0 Å². The van der Waals surface area contributed by atoms with Crippen molar-refractivity contribution in [1.29, 1.82) is 0 Å². The van der Waals surface area contributed by atoms with E-state index in [1.165, 1.54) is 16.9 Å². The Kier molecular flexibility index (Phi) is 5.21. The molecular weight excluding hydrogens is 312 g/mol. The smallest absolute Gasteiger partial charge is 0.0470 e. The maximum atomic E-state index is 3.59. The van der Waals surface area contributed by atoms with E-state index >= 15 is 0 Å². The van der Waals surface area contributed by atoms with Crippen molar-refractivity contribution >= 4 is 27.3 Å². The molecule has 20 heavy (non-hydrogen) atoms. The molecule has 0 fully saturated rings. The Balaban J connectivity index is 2.51. The van der Waals surface area contributed by atoms with Crippen molar-refractivity contribution in [1.82, 2.24) is 5.32 Å². The third-order valence-electron chi connectivity index (χ3n) is 3.57. The molecule has 2 rings (SSSR count). The van der Waals surface area contributed by atoms with Crippen molar-refractivity contribution in [3.63, 3.8) is 0 Å². The van der Waals surface area contributed by atoms with Crippen LogP contribution in [0.15, 0.2) is 53.0 Å². The fourth-order valence-electron chi connectivity index (χ4n) is 2.37. The molecule has 1 unspecified atom stereocenters. The highest BCUT2D eigenvalue weighted by Crippen LogP contribution is 2.34. The predicted octanol–water partition coefficient (Wildman–Crippen LogP) is 4.89. The first-order chi connectivity index (χ1) is 9.67. The van der Waals surface area contributed by atoms with Crippen LogP contribution in [0.3, 0.4) is 0 Å². The van der Waals surface area contributed by atoms with Crippen LogP contribution in [-0.4, -0.2) is 13.6 Å². The Hall–Kier alpha value is -1.32. The number of benzene rings is 2. The topological polar surface area (TPSA) is 15.3 Å². The zero-order chi connectivity index (χ0) is 14.5. The molecule has 1 N–H and O–H groups in total. The molecule has 0 aliphatic carbocycles. The van der Waals surface area contributed by atoms with Crippen molar-refractivity contribution in [3.8, 4) is 0 Å². The molecule has 106 valence electrons. The number of hydrogen-bond acceptors (Lipinski definition) is 2. The number of hydrogen-bond donors (Lipinski definition) is 1. The van der Waals surface area contributed by atoms with Gasteiger partial charge in [-0.3, -0.25) is 0 Å². The summed E-state index contributed by atoms with van der Waals surface area (Å²) in [6.07, 6.45) is 0. The van der Waals surface area contributed by atoms with Crippen LogP contribution in [0.1, 0.15) is 25.5 Å². The second kappa shape index (κ2) is 6.91. The van der Waals surface area contributed by atoms with Crippen molar-refractivity contribution in [3.05, 3.63) is 58.6 Å². The van der Waals surface area contributed by atoms with E-state index < -0.39 is 0 Å². The van der Waals surface area contributed by atoms with E-state index in [1.807, 2.05) is 7.05 Å². The van der Waals surface area contributed by atoms with Gasteiger partial charge in [0.1, 0.15) is 0 Å². The number of halogens is 1. The molecule has 1 atom stereocenters. The van der Waals surface area contributed by atoms with Crippen molar-refractivity contribution in [2.75, 3.05) is 18.5 Å². The number of anilines is 2. The van der Waals surface area contributed by atoms with Gasteiger partial charge in [-0.25, -0.2) is 0 Å². The third kappa shape index (κ3) is 3.22. The van der Waals surface area contributed by atoms with Gasteiger partial charge in [0.15, 0.2) is 0 Å². The molecule has 0 aliphatic heterocycles. The first kappa shape index (κ1) is 15.1. The second-order valence-corrected chi connectivity index (χ2v) is 5.71. The molecule has 0 heterocycles. The first-order valence-corrected chi connectivity index (χ1v) is 7.76. The van der Waals surface area contributed by atoms with E-state index in [4.69, 9.17) is 0 Å². The van der Waals surface area contributed by atoms with Gasteiger partial charge < -0.3 is 10.2 Å². The lowest BCUT2D eigenvalue weighted by Crippen LogP contribution is -2.21. The molecule has 0 bridgehead atoms. The Morgan fingerprint density at radius 1 is 1.15 bits per heavy atom. The fourth-order valence-corrected chi connectivity index (χ4v) is 2.72. The lowest BCUT2D eigenvalue weighted by Gasteiger charge is -2.28. The van der Waals surface area contributed by atoms with Crippen LogP contribution >= 0.6 is 15.9 Å². The Bertz CT molecular complexity index is 554. The van der Waals surface area contributed by atoms with Gasteiger partial charge >= 0.3 is 0 Å². The Morgan fingerprint density at radius 3 is 2.45 bits per heavy atom. The zero-order valence-corrected chi connectivity index (χ0v) is 13.8. The van der Waals surface area contributed by atoms with E-state index in [0.717, 1.165) is 11.0 Å². The molecule has 0 radical (unpaired) electrons. The van der Waals surface area contributed by atoms with E-state index in [9.17, 15) is 0 Å². The van der Waals surface area contributed by atoms with Gasteiger partial charge in [-0.15, -0.1) is 0 Å². The van der Waals surface area contributed by atoms with Crippen LogP contribution in [-0.2, 0) is 0 Å². The number of rotatable bonds is 5. The summed E-state index contributed by atoms with van der Waals surface area (Å²) in [7, 11) is 2.00. The average molecular weight is 333 g/mol. The highest BCUT2D eigenvalue weighted by molar-refractivity contribution is 9.10. The number of nitrogens with one attached hydrogen (secondary N) is 1. The van der Waals surface area contributed by atoms with Crippen LogP contribution in [0.5, 0.6) is 0 Å². The first-order valence-electron chi connectivity index (χ1n) is 6.96. The van der Waals surface area contributed by atoms with Gasteiger partial charge in [0.05, 0.1) is 0 Å². The summed E-state index contributed by atoms with van der Waals surface area (Å²) in [5.74, 6) is 0. The number of nitrogens with zero attached hydrogens (tertiary/aromatic N) is 1. The molecule has 0 aromatic heterocycles. The van der Waals surface area contributed by atoms with Gasteiger partial charge in [0.2, 0.25) is 0 Å². The maximum absolute atomic E-state index is 3.59. The van der Waals surface area contributed by atoms with E-state index in [-0.39, 0.29) is 0 Å². The number of para-hydroxylation sites is 1. The standard InChI is InChI=1S/C17H21BrN2/c1-4-20(15-8-6-5-7-9-15)17-12-14(18)10-11-16(17)13(2)19-3/h5-13,19H,4H2,1-3H3. The summed E-state index contributed by atoms with van der Waals surface area (Å²) in [6, 6.07) is 17.3. The maximum Gasteiger partial charge on any atom is 0.0470 e. The summed E-state index contributed by atoms with van der Waals surface area (Å²) >= 11 is 3.59. The largest absolute Gasteiger partial charge is 0.341 e. The third-order valence-corrected chi connectivity index (χ3v) is 4.06. The SMILES string of the molecule is CCN(c1ccccc1)c1cc(Br)ccc1C(C)NC. The van der Waals surface area contributed by atoms with Crippen LogP contribution in [0.4, 0.5) is 11.4 Å². The lowest BCUT2D eigenvalue weighted by atomic mass is 10.0. The minimum atomic E-state index is 0.316. The van der Waals surface area contributed by atoms with E-state index in [1.54, 1.807) is 0 Å². The van der Waals surface area contributed by atoms with Gasteiger partial charge in [0, 0.05) is 28.4 Å². The normalized spacial score (nSPS) is 12.2. The molecule has 0 saturated carbocycles. The summed E-state index contributed by atoms with van der Waals surface area (Å²) in [5, 5.41) is 3.33. The minimum Gasteiger partial charge on any atom is -0.341 e. The fraction of sp³-hybridized carbons (Fsp3) is 0.294. The molecule has 0 aliphatic rings. The molecular formula is C17H21BrN2. The Morgan fingerprint density at radius 2 is 1.85 bits per heavy atom. The molecule has 2 aromatic carbocycles. The molecule has 3 heteroatoms. The summed E-state index contributed by atoms with van der Waals surface area (Å²) in [5.41, 5.74) is 3.77. The van der Waals surface area contributed by atoms with Crippen molar-refractivity contribution < 1.29 is 0 Å². The lowest BCUT2D eigenvalue weighted by molar-refractivity contribution is 0.651. The molecule has 2 nitrogen and oxygen atoms in total. The van der Waals surface area contributed by atoms with Gasteiger partial charge in [-0.2, -0.15) is 0 Å². The molecule has 0 amide bonds. The van der Waals surface area contributed by atoms with Gasteiger partial charge in [-0.05, 0) is 50.7 Å². The highest BCUT2D eigenvalue weighted by atomic mass is 79.9. The summed E-state index contributed by atoms with van der Waals surface area (Å²) in [6.45, 7) is 5.30. The highest BCUT2D eigenvalue weighted by Gasteiger charge is 2.15. The molecule has 0 saturated heterocycles. The van der Waals surface area contributed by atoms with Crippen LogP contribution in [0, 0.1) is 0 Å². The van der Waals surface area contributed by atoms with Crippen LogP contribution in [0.25, 0.3) is 0 Å².